The molecule has 0 radical (unpaired) electrons. The number of hydrazine groups is 2. The highest BCUT2D eigenvalue weighted by molar-refractivity contribution is 5.77. The summed E-state index contributed by atoms with van der Waals surface area (Å²) in [5, 5.41) is 3.19. The number of hydrogen-bond donors (Lipinski definition) is 4. The summed E-state index contributed by atoms with van der Waals surface area (Å²) >= 11 is 0. The Morgan fingerprint density at radius 2 is 2.14 bits per heavy atom. The summed E-state index contributed by atoms with van der Waals surface area (Å²) in [7, 11) is 0. The lowest BCUT2D eigenvalue weighted by Crippen LogP contribution is -2.19. The zero-order valence-corrected chi connectivity index (χ0v) is 11.7. The number of nitrogens with one attached hydrogen (secondary N) is 4. The Bertz CT molecular complexity index is 732. The molecule has 0 bridgehead atoms. The van der Waals surface area contributed by atoms with E-state index in [0.29, 0.717) is 5.95 Å². The summed E-state index contributed by atoms with van der Waals surface area (Å²) in [6.45, 7) is 9.61. The molecule has 2 aromatic rings. The van der Waals surface area contributed by atoms with Crippen molar-refractivity contribution in [1.82, 2.24) is 15.5 Å². The Kier molecular flexibility index (Phi) is 3.29. The summed E-state index contributed by atoms with van der Waals surface area (Å²) in [4.78, 5) is 8.78. The quantitative estimate of drug-likeness (QED) is 0.687. The van der Waals surface area contributed by atoms with Gasteiger partial charge in [0, 0.05) is 20.3 Å². The highest BCUT2D eigenvalue weighted by atomic mass is 15.6. The molecule has 1 aromatic carbocycles. The average molecular weight is 284 g/mol. The Morgan fingerprint density at radius 3 is 2.90 bits per heavy atom. The molecule has 21 heavy (non-hydrogen) atoms. The Balaban J connectivity index is 0.00000132. The Hall–Kier alpha value is -2.86. The first kappa shape index (κ1) is 13.1. The van der Waals surface area contributed by atoms with Gasteiger partial charge in [-0.05, 0) is 30.7 Å². The maximum atomic E-state index is 4.49. The summed E-state index contributed by atoms with van der Waals surface area (Å²) in [5.74, 6) is 0.525. The molecule has 6 nitrogen and oxygen atoms in total. The summed E-state index contributed by atoms with van der Waals surface area (Å²) < 4.78 is 0. The van der Waals surface area contributed by atoms with E-state index in [1.807, 2.05) is 25.1 Å². The van der Waals surface area contributed by atoms with Gasteiger partial charge in [0.25, 0.3) is 0 Å². The van der Waals surface area contributed by atoms with Crippen LogP contribution < -0.4 is 21.7 Å². The molecule has 0 atom stereocenters. The first-order chi connectivity index (χ1) is 10.2. The normalized spacial score (nSPS) is 12.0. The summed E-state index contributed by atoms with van der Waals surface area (Å²) in [5.41, 5.74) is 14.2. The van der Waals surface area contributed by atoms with Gasteiger partial charge in [-0.2, -0.15) is 0 Å². The maximum Gasteiger partial charge on any atom is 0.227 e. The van der Waals surface area contributed by atoms with Crippen molar-refractivity contribution in [2.24, 2.45) is 0 Å². The van der Waals surface area contributed by atoms with E-state index in [-0.39, 0.29) is 2.85 Å². The molecule has 1 aliphatic rings. The van der Waals surface area contributed by atoms with Crippen molar-refractivity contribution in [2.45, 2.75) is 6.92 Å². The number of aromatic nitrogens is 2. The van der Waals surface area contributed by atoms with Crippen molar-refractivity contribution in [1.29, 1.82) is 0 Å². The predicted molar refractivity (Wildman–Crippen MR) is 91.2 cm³/mol. The molecule has 110 valence electrons. The van der Waals surface area contributed by atoms with Crippen LogP contribution in [0.1, 0.15) is 21.0 Å². The number of rotatable bonds is 4. The topological polar surface area (TPSA) is 73.9 Å². The van der Waals surface area contributed by atoms with Crippen LogP contribution in [0.4, 0.5) is 23.0 Å². The third-order valence-electron chi connectivity index (χ3n) is 3.11. The van der Waals surface area contributed by atoms with E-state index in [0.717, 1.165) is 33.9 Å². The maximum absolute atomic E-state index is 4.49. The van der Waals surface area contributed by atoms with Crippen molar-refractivity contribution in [2.75, 3.05) is 16.2 Å². The van der Waals surface area contributed by atoms with Crippen LogP contribution >= 0.6 is 0 Å². The molecule has 3 rings (SSSR count). The van der Waals surface area contributed by atoms with Gasteiger partial charge in [-0.15, -0.1) is 5.53 Å². The van der Waals surface area contributed by atoms with Crippen LogP contribution in [0.3, 0.4) is 0 Å². The number of allylic oxidation sites excluding steroid dienone is 1. The number of hydrogen-bond acceptors (Lipinski definition) is 6. The fourth-order valence-electron chi connectivity index (χ4n) is 2.07. The van der Waals surface area contributed by atoms with Gasteiger partial charge in [0.1, 0.15) is 0 Å². The SMILES string of the molecule is C=Cc1cnc(Nc2ccc3c(c2)NNN3)nc1C(=C)C.[HH].[HH]. The van der Waals surface area contributed by atoms with E-state index in [1.54, 1.807) is 12.3 Å². The number of nitrogens with zero attached hydrogens (tertiary/aromatic N) is 2. The molecule has 0 amide bonds. The molecule has 1 aliphatic heterocycles. The first-order valence-electron chi connectivity index (χ1n) is 6.51. The first-order valence-corrected chi connectivity index (χ1v) is 6.51. The molecule has 2 heterocycles. The molecule has 0 spiro atoms. The van der Waals surface area contributed by atoms with Crippen LogP contribution in [0.5, 0.6) is 0 Å². The highest BCUT2D eigenvalue weighted by Gasteiger charge is 2.10. The van der Waals surface area contributed by atoms with Crippen LogP contribution in [0.25, 0.3) is 11.6 Å². The molecule has 0 unspecified atom stereocenters. The third kappa shape index (κ3) is 2.56. The summed E-state index contributed by atoms with van der Waals surface area (Å²) in [6.07, 6.45) is 3.46. The highest BCUT2D eigenvalue weighted by Crippen LogP contribution is 2.28. The van der Waals surface area contributed by atoms with Crippen molar-refractivity contribution in [3.8, 4) is 0 Å². The van der Waals surface area contributed by atoms with Gasteiger partial charge in [-0.3, -0.25) is 0 Å². The molecule has 4 N–H and O–H groups in total. The predicted octanol–water partition coefficient (Wildman–Crippen LogP) is 3.65. The fourth-order valence-corrected chi connectivity index (χ4v) is 2.07. The van der Waals surface area contributed by atoms with Gasteiger partial charge in [-0.25, -0.2) is 9.97 Å². The zero-order valence-electron chi connectivity index (χ0n) is 11.7. The van der Waals surface area contributed by atoms with Gasteiger partial charge >= 0.3 is 0 Å². The average Bonchev–Trinajstić information content (AvgIpc) is 2.94. The summed E-state index contributed by atoms with van der Waals surface area (Å²) in [6, 6.07) is 5.88. The van der Waals surface area contributed by atoms with Gasteiger partial charge in [0.2, 0.25) is 5.95 Å². The standard InChI is InChI=1S/C15H16N6.2H2/c1-4-10-8-16-15(18-14(10)9(2)3)17-11-5-6-12-13(7-11)20-21-19-12;;/h4-8,19-21H,1-2H2,3H3,(H,16,17,18);2*1H. The minimum Gasteiger partial charge on any atom is -0.324 e. The van der Waals surface area contributed by atoms with E-state index in [2.05, 4.69) is 44.8 Å². The van der Waals surface area contributed by atoms with Crippen molar-refractivity contribution in [3.05, 3.63) is 48.8 Å². The van der Waals surface area contributed by atoms with Gasteiger partial charge in [0.15, 0.2) is 0 Å². The van der Waals surface area contributed by atoms with Crippen LogP contribution in [-0.4, -0.2) is 9.97 Å². The Morgan fingerprint density at radius 1 is 1.33 bits per heavy atom. The van der Waals surface area contributed by atoms with E-state index >= 15 is 0 Å². The second kappa shape index (κ2) is 5.26. The van der Waals surface area contributed by atoms with E-state index in [1.165, 1.54) is 0 Å². The molecular weight excluding hydrogens is 264 g/mol. The lowest BCUT2D eigenvalue weighted by molar-refractivity contribution is 1.01. The third-order valence-corrected chi connectivity index (χ3v) is 3.11. The van der Waals surface area contributed by atoms with Gasteiger partial charge in [0.05, 0.1) is 17.1 Å². The Labute approximate surface area is 125 Å². The molecule has 0 fully saturated rings. The van der Waals surface area contributed by atoms with Gasteiger partial charge in [-0.1, -0.05) is 19.2 Å². The molecule has 0 saturated heterocycles. The number of fused-ring (bicyclic) bond motifs is 1. The van der Waals surface area contributed by atoms with Crippen LogP contribution in [0, 0.1) is 0 Å². The molecule has 6 heteroatoms. The molecule has 0 aliphatic carbocycles. The zero-order chi connectivity index (χ0) is 14.8. The van der Waals surface area contributed by atoms with Crippen molar-refractivity contribution in [3.63, 3.8) is 0 Å². The largest absolute Gasteiger partial charge is 0.324 e. The van der Waals surface area contributed by atoms with Crippen molar-refractivity contribution < 1.29 is 2.85 Å². The van der Waals surface area contributed by atoms with Gasteiger partial charge < -0.3 is 16.2 Å². The van der Waals surface area contributed by atoms with Crippen LogP contribution in [0.15, 0.2) is 37.6 Å². The van der Waals surface area contributed by atoms with E-state index < -0.39 is 0 Å². The monoisotopic (exact) mass is 284 g/mol. The second-order valence-electron chi connectivity index (χ2n) is 4.74. The number of benzene rings is 1. The molecule has 1 aromatic heterocycles. The minimum atomic E-state index is 0. The minimum absolute atomic E-state index is 0. The lowest BCUT2D eigenvalue weighted by atomic mass is 10.1. The lowest BCUT2D eigenvalue weighted by Gasteiger charge is -2.09. The molecular formula is C15H20N6. The van der Waals surface area contributed by atoms with E-state index in [9.17, 15) is 0 Å². The van der Waals surface area contributed by atoms with Crippen molar-refractivity contribution >= 4 is 34.7 Å². The second-order valence-corrected chi connectivity index (χ2v) is 4.74. The molecule has 0 saturated carbocycles. The number of anilines is 4. The smallest absolute Gasteiger partial charge is 0.227 e. The van der Waals surface area contributed by atoms with E-state index in [4.69, 9.17) is 0 Å². The van der Waals surface area contributed by atoms with Crippen LogP contribution in [0.2, 0.25) is 0 Å². The van der Waals surface area contributed by atoms with Crippen LogP contribution in [-0.2, 0) is 0 Å². The fraction of sp³-hybridized carbons (Fsp3) is 0.0667.